The summed E-state index contributed by atoms with van der Waals surface area (Å²) in [6.45, 7) is 0. The van der Waals surface area contributed by atoms with Gasteiger partial charge in [0.05, 0.1) is 23.0 Å². The number of amides is 2. The summed E-state index contributed by atoms with van der Waals surface area (Å²) >= 11 is 6.20. The number of hydrogen-bond acceptors (Lipinski definition) is 2. The summed E-state index contributed by atoms with van der Waals surface area (Å²) in [5.74, 6) is -0.529. The van der Waals surface area contributed by atoms with Crippen LogP contribution in [0.1, 0.15) is 28.4 Å². The van der Waals surface area contributed by atoms with Crippen molar-refractivity contribution in [2.45, 2.75) is 12.5 Å². The molecule has 4 rings (SSSR count). The summed E-state index contributed by atoms with van der Waals surface area (Å²) in [5.41, 5.74) is 3.88. The minimum atomic E-state index is -0.515. The molecule has 164 valence electrons. The van der Waals surface area contributed by atoms with Gasteiger partial charge in [-0.05, 0) is 29.3 Å². The number of halogens is 1. The van der Waals surface area contributed by atoms with Crippen LogP contribution in [0.4, 0.5) is 5.69 Å². The summed E-state index contributed by atoms with van der Waals surface area (Å²) in [4.78, 5) is 26.0. The highest BCUT2D eigenvalue weighted by Crippen LogP contribution is 2.28. The molecular formula is C28H23ClN2O2. The van der Waals surface area contributed by atoms with Crippen LogP contribution in [0.3, 0.4) is 0 Å². The van der Waals surface area contributed by atoms with Crippen molar-refractivity contribution in [2.75, 3.05) is 5.32 Å². The van der Waals surface area contributed by atoms with Crippen molar-refractivity contribution in [3.8, 4) is 11.1 Å². The monoisotopic (exact) mass is 454 g/mol. The van der Waals surface area contributed by atoms with E-state index in [2.05, 4.69) is 10.6 Å². The fourth-order valence-electron chi connectivity index (χ4n) is 3.67. The second-order valence-electron chi connectivity index (χ2n) is 7.58. The highest BCUT2D eigenvalue weighted by atomic mass is 35.5. The Kier molecular flexibility index (Phi) is 7.18. The van der Waals surface area contributed by atoms with Crippen molar-refractivity contribution < 1.29 is 9.59 Å². The van der Waals surface area contributed by atoms with Gasteiger partial charge in [-0.15, -0.1) is 0 Å². The van der Waals surface area contributed by atoms with Gasteiger partial charge in [-0.3, -0.25) is 9.59 Å². The zero-order chi connectivity index (χ0) is 23.0. The highest BCUT2D eigenvalue weighted by molar-refractivity contribution is 6.33. The predicted molar refractivity (Wildman–Crippen MR) is 133 cm³/mol. The van der Waals surface area contributed by atoms with Crippen molar-refractivity contribution in [1.29, 1.82) is 0 Å². The molecule has 0 aromatic heterocycles. The number of carbonyl (C=O) groups is 2. The summed E-state index contributed by atoms with van der Waals surface area (Å²) < 4.78 is 0. The molecule has 4 aromatic rings. The van der Waals surface area contributed by atoms with E-state index >= 15 is 0 Å². The molecule has 2 amide bonds. The number of benzene rings is 4. The van der Waals surface area contributed by atoms with Crippen molar-refractivity contribution in [2.24, 2.45) is 0 Å². The predicted octanol–water partition coefficient (Wildman–Crippen LogP) is 6.51. The van der Waals surface area contributed by atoms with E-state index in [4.69, 9.17) is 11.6 Å². The van der Waals surface area contributed by atoms with Gasteiger partial charge in [-0.1, -0.05) is 103 Å². The lowest BCUT2D eigenvalue weighted by molar-refractivity contribution is -0.116. The molecule has 0 bridgehead atoms. The minimum absolute atomic E-state index is 0.0727. The van der Waals surface area contributed by atoms with Crippen molar-refractivity contribution in [3.63, 3.8) is 0 Å². The standard InChI is InChI=1S/C28H23ClN2O2/c29-24-17-9-7-16-23(24)28(33)31-26(21-13-5-2-6-14-21)19-27(32)30-25-18-10-8-15-22(25)20-11-3-1-4-12-20/h1-18,26H,19H2,(H,30,32)(H,31,33). The maximum atomic E-state index is 13.1. The summed E-state index contributed by atoms with van der Waals surface area (Å²) in [5, 5.41) is 6.35. The first-order valence-corrected chi connectivity index (χ1v) is 11.0. The molecule has 33 heavy (non-hydrogen) atoms. The summed E-state index contributed by atoms with van der Waals surface area (Å²) in [6.07, 6.45) is 0.0727. The van der Waals surface area contributed by atoms with Crippen LogP contribution in [0, 0.1) is 0 Å². The molecule has 1 atom stereocenters. The molecule has 4 nitrogen and oxygen atoms in total. The van der Waals surface area contributed by atoms with E-state index in [0.29, 0.717) is 10.6 Å². The maximum Gasteiger partial charge on any atom is 0.253 e. The number of para-hydroxylation sites is 1. The van der Waals surface area contributed by atoms with Crippen LogP contribution in [0.15, 0.2) is 109 Å². The van der Waals surface area contributed by atoms with Gasteiger partial charge in [-0.25, -0.2) is 0 Å². The molecule has 0 aliphatic heterocycles. The normalized spacial score (nSPS) is 11.4. The van der Waals surface area contributed by atoms with Gasteiger partial charge in [-0.2, -0.15) is 0 Å². The van der Waals surface area contributed by atoms with Crippen LogP contribution >= 0.6 is 11.6 Å². The number of rotatable bonds is 7. The van der Waals surface area contributed by atoms with Crippen LogP contribution in [-0.2, 0) is 4.79 Å². The van der Waals surface area contributed by atoms with Crippen molar-refractivity contribution in [3.05, 3.63) is 125 Å². The SMILES string of the molecule is O=C(CC(NC(=O)c1ccccc1Cl)c1ccccc1)Nc1ccccc1-c1ccccc1. The Morgan fingerprint density at radius 2 is 1.33 bits per heavy atom. The molecule has 0 saturated carbocycles. The molecule has 0 heterocycles. The van der Waals surface area contributed by atoms with Crippen LogP contribution in [0.25, 0.3) is 11.1 Å². The Hall–Kier alpha value is -3.89. The van der Waals surface area contributed by atoms with Gasteiger partial charge >= 0.3 is 0 Å². The van der Waals surface area contributed by atoms with E-state index in [1.54, 1.807) is 24.3 Å². The van der Waals surface area contributed by atoms with E-state index in [-0.39, 0.29) is 18.2 Å². The molecule has 4 aromatic carbocycles. The smallest absolute Gasteiger partial charge is 0.253 e. The fourth-order valence-corrected chi connectivity index (χ4v) is 3.89. The number of hydrogen-bond donors (Lipinski definition) is 2. The van der Waals surface area contributed by atoms with Crippen LogP contribution < -0.4 is 10.6 Å². The second-order valence-corrected chi connectivity index (χ2v) is 7.99. The lowest BCUT2D eigenvalue weighted by Crippen LogP contribution is -2.31. The van der Waals surface area contributed by atoms with E-state index in [1.165, 1.54) is 0 Å². The molecule has 0 saturated heterocycles. The molecule has 0 spiro atoms. The van der Waals surface area contributed by atoms with Crippen molar-refractivity contribution in [1.82, 2.24) is 5.32 Å². The third-order valence-electron chi connectivity index (χ3n) is 5.30. The molecule has 0 radical (unpaired) electrons. The molecule has 0 fully saturated rings. The third kappa shape index (κ3) is 5.68. The van der Waals surface area contributed by atoms with Gasteiger partial charge in [0, 0.05) is 11.3 Å². The molecule has 5 heteroatoms. The van der Waals surface area contributed by atoms with Gasteiger partial charge in [0.1, 0.15) is 0 Å². The zero-order valence-corrected chi connectivity index (χ0v) is 18.6. The summed E-state index contributed by atoms with van der Waals surface area (Å²) in [7, 11) is 0. The Labute approximate surface area is 198 Å². The Balaban J connectivity index is 1.55. The minimum Gasteiger partial charge on any atom is -0.345 e. The maximum absolute atomic E-state index is 13.1. The van der Waals surface area contributed by atoms with Gasteiger partial charge in [0.15, 0.2) is 0 Å². The average Bonchev–Trinajstić information content (AvgIpc) is 2.85. The van der Waals surface area contributed by atoms with E-state index in [1.807, 2.05) is 84.9 Å². The molecule has 1 unspecified atom stereocenters. The average molecular weight is 455 g/mol. The first-order chi connectivity index (χ1) is 16.1. The number of carbonyl (C=O) groups excluding carboxylic acids is 2. The lowest BCUT2D eigenvalue weighted by Gasteiger charge is -2.20. The van der Waals surface area contributed by atoms with Gasteiger partial charge in [0.25, 0.3) is 5.91 Å². The first-order valence-electron chi connectivity index (χ1n) is 10.7. The zero-order valence-electron chi connectivity index (χ0n) is 17.9. The fraction of sp³-hybridized carbons (Fsp3) is 0.0714. The van der Waals surface area contributed by atoms with Crippen LogP contribution in [-0.4, -0.2) is 11.8 Å². The topological polar surface area (TPSA) is 58.2 Å². The highest BCUT2D eigenvalue weighted by Gasteiger charge is 2.21. The Morgan fingerprint density at radius 3 is 2.06 bits per heavy atom. The Bertz CT molecular complexity index is 1240. The lowest BCUT2D eigenvalue weighted by atomic mass is 10.0. The van der Waals surface area contributed by atoms with Crippen LogP contribution in [0.5, 0.6) is 0 Å². The third-order valence-corrected chi connectivity index (χ3v) is 5.63. The van der Waals surface area contributed by atoms with Crippen LogP contribution in [0.2, 0.25) is 5.02 Å². The van der Waals surface area contributed by atoms with Gasteiger partial charge < -0.3 is 10.6 Å². The second kappa shape index (κ2) is 10.6. The summed E-state index contributed by atoms with van der Waals surface area (Å²) in [6, 6.07) is 33.3. The molecule has 0 aliphatic rings. The molecule has 0 aliphatic carbocycles. The number of nitrogens with one attached hydrogen (secondary N) is 2. The van der Waals surface area contributed by atoms with E-state index in [0.717, 1.165) is 22.4 Å². The van der Waals surface area contributed by atoms with Gasteiger partial charge in [0.2, 0.25) is 5.91 Å². The van der Waals surface area contributed by atoms with E-state index in [9.17, 15) is 9.59 Å². The largest absolute Gasteiger partial charge is 0.345 e. The molecule has 2 N–H and O–H groups in total. The first kappa shape index (κ1) is 22.3. The van der Waals surface area contributed by atoms with Crippen molar-refractivity contribution >= 4 is 29.1 Å². The molecular weight excluding hydrogens is 432 g/mol. The number of anilines is 1. The Morgan fingerprint density at radius 1 is 0.727 bits per heavy atom. The van der Waals surface area contributed by atoms with E-state index < -0.39 is 6.04 Å². The quantitative estimate of drug-likeness (QED) is 0.334.